The molecular formula is C12H14N2O2S2. The molecule has 96 valence electrons. The average molecular weight is 282 g/mol. The SMILES string of the molecule is Cc1cc(C#N)ccc1S(=O)(=O)N1CCSCC1. The van der Waals surface area contributed by atoms with E-state index in [1.807, 2.05) is 6.07 Å². The molecule has 1 aliphatic rings. The topological polar surface area (TPSA) is 61.2 Å². The zero-order valence-corrected chi connectivity index (χ0v) is 11.7. The van der Waals surface area contributed by atoms with Crippen molar-refractivity contribution in [2.24, 2.45) is 0 Å². The Morgan fingerprint density at radius 3 is 2.56 bits per heavy atom. The maximum atomic E-state index is 12.4. The molecule has 1 aliphatic heterocycles. The second-order valence-corrected chi connectivity index (χ2v) is 7.24. The molecule has 1 aromatic carbocycles. The molecule has 0 N–H and O–H groups in total. The van der Waals surface area contributed by atoms with Gasteiger partial charge in [-0.15, -0.1) is 0 Å². The van der Waals surface area contributed by atoms with Gasteiger partial charge in [0.25, 0.3) is 0 Å². The van der Waals surface area contributed by atoms with Crippen LogP contribution >= 0.6 is 11.8 Å². The van der Waals surface area contributed by atoms with Crippen molar-refractivity contribution in [3.8, 4) is 6.07 Å². The van der Waals surface area contributed by atoms with Crippen molar-refractivity contribution in [3.63, 3.8) is 0 Å². The standard InChI is InChI=1S/C12H14N2O2S2/c1-10-8-11(9-13)2-3-12(10)18(15,16)14-4-6-17-7-5-14/h2-3,8H,4-7H2,1H3. The largest absolute Gasteiger partial charge is 0.243 e. The molecule has 4 nitrogen and oxygen atoms in total. The molecule has 0 radical (unpaired) electrons. The molecule has 0 bridgehead atoms. The first-order valence-corrected chi connectivity index (χ1v) is 8.24. The van der Waals surface area contributed by atoms with Gasteiger partial charge in [0.1, 0.15) is 0 Å². The third-order valence-electron chi connectivity index (χ3n) is 2.89. The number of hydrogen-bond donors (Lipinski definition) is 0. The van der Waals surface area contributed by atoms with Gasteiger partial charge in [0.05, 0.1) is 16.5 Å². The van der Waals surface area contributed by atoms with E-state index in [4.69, 9.17) is 5.26 Å². The lowest BCUT2D eigenvalue weighted by atomic mass is 10.2. The van der Waals surface area contributed by atoms with Crippen molar-refractivity contribution >= 4 is 21.8 Å². The molecule has 0 aromatic heterocycles. The molecule has 0 amide bonds. The minimum atomic E-state index is -3.41. The molecule has 0 spiro atoms. The molecular weight excluding hydrogens is 268 g/mol. The third-order valence-corrected chi connectivity index (χ3v) is 5.89. The fourth-order valence-corrected chi connectivity index (χ4v) is 4.72. The molecule has 0 aliphatic carbocycles. The van der Waals surface area contributed by atoms with Gasteiger partial charge < -0.3 is 0 Å². The highest BCUT2D eigenvalue weighted by Gasteiger charge is 2.27. The number of sulfonamides is 1. The van der Waals surface area contributed by atoms with Gasteiger partial charge in [-0.25, -0.2) is 8.42 Å². The van der Waals surface area contributed by atoms with Crippen molar-refractivity contribution in [1.82, 2.24) is 4.31 Å². The van der Waals surface area contributed by atoms with E-state index in [-0.39, 0.29) is 0 Å². The zero-order chi connectivity index (χ0) is 13.2. The van der Waals surface area contributed by atoms with E-state index in [1.165, 1.54) is 10.4 Å². The summed E-state index contributed by atoms with van der Waals surface area (Å²) >= 11 is 1.77. The Bertz CT molecular complexity index is 585. The smallest absolute Gasteiger partial charge is 0.207 e. The highest BCUT2D eigenvalue weighted by molar-refractivity contribution is 7.99. The van der Waals surface area contributed by atoms with Crippen LogP contribution in [0.15, 0.2) is 23.1 Å². The molecule has 0 unspecified atom stereocenters. The quantitative estimate of drug-likeness (QED) is 0.826. The number of nitrogens with zero attached hydrogens (tertiary/aromatic N) is 2. The molecule has 6 heteroatoms. The minimum absolute atomic E-state index is 0.313. The summed E-state index contributed by atoms with van der Waals surface area (Å²) in [6.07, 6.45) is 0. The van der Waals surface area contributed by atoms with Gasteiger partial charge in [-0.2, -0.15) is 21.3 Å². The first-order chi connectivity index (χ1) is 8.55. The van der Waals surface area contributed by atoms with Gasteiger partial charge in [-0.3, -0.25) is 0 Å². The number of hydrogen-bond acceptors (Lipinski definition) is 4. The highest BCUT2D eigenvalue weighted by atomic mass is 32.2. The first-order valence-electron chi connectivity index (χ1n) is 5.64. The molecule has 18 heavy (non-hydrogen) atoms. The molecule has 1 heterocycles. The summed E-state index contributed by atoms with van der Waals surface area (Å²) in [6, 6.07) is 6.72. The van der Waals surface area contributed by atoms with Crippen molar-refractivity contribution in [1.29, 1.82) is 5.26 Å². The molecule has 2 rings (SSSR count). The highest BCUT2D eigenvalue weighted by Crippen LogP contribution is 2.23. The summed E-state index contributed by atoms with van der Waals surface area (Å²) in [4.78, 5) is 0.313. The van der Waals surface area contributed by atoms with Gasteiger partial charge in [0.2, 0.25) is 10.0 Å². The molecule has 0 atom stereocenters. The van der Waals surface area contributed by atoms with Crippen LogP contribution in [0.4, 0.5) is 0 Å². The van der Waals surface area contributed by atoms with Crippen molar-refractivity contribution in [2.75, 3.05) is 24.6 Å². The van der Waals surface area contributed by atoms with Crippen LogP contribution in [0.5, 0.6) is 0 Å². The van der Waals surface area contributed by atoms with Crippen LogP contribution < -0.4 is 0 Å². The van der Waals surface area contributed by atoms with Crippen LogP contribution in [0.25, 0.3) is 0 Å². The lowest BCUT2D eigenvalue weighted by molar-refractivity contribution is 0.443. The predicted molar refractivity (Wildman–Crippen MR) is 72.0 cm³/mol. The summed E-state index contributed by atoms with van der Waals surface area (Å²) in [7, 11) is -3.41. The lowest BCUT2D eigenvalue weighted by Gasteiger charge is -2.26. The monoisotopic (exact) mass is 282 g/mol. The van der Waals surface area contributed by atoms with Crippen LogP contribution in [0, 0.1) is 18.3 Å². The predicted octanol–water partition coefficient (Wildman–Crippen LogP) is 1.60. The van der Waals surface area contributed by atoms with Crippen molar-refractivity contribution in [3.05, 3.63) is 29.3 Å². The summed E-state index contributed by atoms with van der Waals surface area (Å²) in [5.41, 5.74) is 1.12. The van der Waals surface area contributed by atoms with Crippen LogP contribution in [0.1, 0.15) is 11.1 Å². The Hall–Kier alpha value is -1.03. The Labute approximate surface area is 112 Å². The Morgan fingerprint density at radius 2 is 2.00 bits per heavy atom. The maximum absolute atomic E-state index is 12.4. The first kappa shape index (κ1) is 13.4. The van der Waals surface area contributed by atoms with Crippen LogP contribution in [0.3, 0.4) is 0 Å². The Kier molecular flexibility index (Phi) is 3.95. The summed E-state index contributed by atoms with van der Waals surface area (Å²) in [5, 5.41) is 8.79. The van der Waals surface area contributed by atoms with E-state index in [2.05, 4.69) is 0 Å². The molecule has 0 saturated carbocycles. The summed E-state index contributed by atoms with van der Waals surface area (Å²) in [6.45, 7) is 2.85. The van der Waals surface area contributed by atoms with E-state index < -0.39 is 10.0 Å². The number of aryl methyl sites for hydroxylation is 1. The van der Waals surface area contributed by atoms with Gasteiger partial charge in [0.15, 0.2) is 0 Å². The minimum Gasteiger partial charge on any atom is -0.207 e. The maximum Gasteiger partial charge on any atom is 0.243 e. The van der Waals surface area contributed by atoms with Crippen LogP contribution in [0.2, 0.25) is 0 Å². The van der Waals surface area contributed by atoms with Gasteiger partial charge >= 0.3 is 0 Å². The van der Waals surface area contributed by atoms with Crippen molar-refractivity contribution < 1.29 is 8.42 Å². The summed E-state index contributed by atoms with van der Waals surface area (Å²) < 4.78 is 26.4. The number of benzene rings is 1. The molecule has 1 saturated heterocycles. The lowest BCUT2D eigenvalue weighted by Crippen LogP contribution is -2.38. The average Bonchev–Trinajstić information content (AvgIpc) is 2.39. The van der Waals surface area contributed by atoms with E-state index in [9.17, 15) is 8.42 Å². The van der Waals surface area contributed by atoms with Gasteiger partial charge in [0, 0.05) is 24.6 Å². The number of nitriles is 1. The van der Waals surface area contributed by atoms with Gasteiger partial charge in [-0.1, -0.05) is 0 Å². The van der Waals surface area contributed by atoms with E-state index in [0.29, 0.717) is 29.1 Å². The Balaban J connectivity index is 2.38. The van der Waals surface area contributed by atoms with E-state index in [1.54, 1.807) is 30.8 Å². The molecule has 1 aromatic rings. The second kappa shape index (κ2) is 5.31. The van der Waals surface area contributed by atoms with E-state index >= 15 is 0 Å². The zero-order valence-electron chi connectivity index (χ0n) is 10.1. The van der Waals surface area contributed by atoms with Crippen LogP contribution in [-0.2, 0) is 10.0 Å². The normalized spacial score (nSPS) is 17.3. The fourth-order valence-electron chi connectivity index (χ4n) is 1.93. The Morgan fingerprint density at radius 1 is 1.33 bits per heavy atom. The summed E-state index contributed by atoms with van der Waals surface area (Å²) in [5.74, 6) is 1.68. The van der Waals surface area contributed by atoms with Crippen molar-refractivity contribution in [2.45, 2.75) is 11.8 Å². The third kappa shape index (κ3) is 2.53. The van der Waals surface area contributed by atoms with E-state index in [0.717, 1.165) is 11.5 Å². The van der Waals surface area contributed by atoms with Crippen LogP contribution in [-0.4, -0.2) is 37.3 Å². The second-order valence-electron chi connectivity index (χ2n) is 4.11. The number of thioether (sulfide) groups is 1. The molecule has 1 fully saturated rings. The number of rotatable bonds is 2. The fraction of sp³-hybridized carbons (Fsp3) is 0.417. The van der Waals surface area contributed by atoms with Gasteiger partial charge in [-0.05, 0) is 30.7 Å².